The molecule has 5 nitrogen and oxygen atoms in total. The standard InChI is InChI=1S/C17H22N2O3.ClH/c1-2-22-17(21)10-5-7-13(8-6-10)19-16(20)14-11-3-4-12(9-11)15(14)18;/h5-8,11-12,14-15H,2-4,9,18H2,1H3,(H,19,20);1H. The molecule has 3 rings (SSSR count). The molecule has 2 saturated carbocycles. The molecule has 2 bridgehead atoms. The smallest absolute Gasteiger partial charge is 0.338 e. The zero-order valence-electron chi connectivity index (χ0n) is 13.2. The highest BCUT2D eigenvalue weighted by Crippen LogP contribution is 2.47. The number of carbonyl (C=O) groups is 2. The van der Waals surface area contributed by atoms with Crippen LogP contribution in [0.1, 0.15) is 36.5 Å². The number of benzene rings is 1. The Hall–Kier alpha value is -1.59. The van der Waals surface area contributed by atoms with Crippen molar-refractivity contribution in [2.45, 2.75) is 32.2 Å². The predicted molar refractivity (Wildman–Crippen MR) is 90.6 cm³/mol. The highest BCUT2D eigenvalue weighted by molar-refractivity contribution is 5.95. The van der Waals surface area contributed by atoms with Crippen LogP contribution < -0.4 is 11.1 Å². The largest absolute Gasteiger partial charge is 0.462 e. The van der Waals surface area contributed by atoms with Gasteiger partial charge in [-0.25, -0.2) is 4.79 Å². The molecule has 0 radical (unpaired) electrons. The minimum absolute atomic E-state index is 0. The number of nitrogens with one attached hydrogen (secondary N) is 1. The molecule has 4 unspecified atom stereocenters. The highest BCUT2D eigenvalue weighted by Gasteiger charge is 2.49. The Morgan fingerprint density at radius 1 is 1.22 bits per heavy atom. The molecule has 23 heavy (non-hydrogen) atoms. The van der Waals surface area contributed by atoms with Crippen LogP contribution in [0.3, 0.4) is 0 Å². The molecule has 4 atom stereocenters. The van der Waals surface area contributed by atoms with Crippen LogP contribution in [0, 0.1) is 17.8 Å². The first-order valence-corrected chi connectivity index (χ1v) is 7.93. The molecular formula is C17H23ClN2O3. The van der Waals surface area contributed by atoms with Gasteiger partial charge in [0, 0.05) is 11.7 Å². The van der Waals surface area contributed by atoms with Gasteiger partial charge in [-0.15, -0.1) is 12.4 Å². The van der Waals surface area contributed by atoms with E-state index in [9.17, 15) is 9.59 Å². The number of fused-ring (bicyclic) bond motifs is 2. The molecule has 126 valence electrons. The Bertz CT molecular complexity index is 574. The van der Waals surface area contributed by atoms with Gasteiger partial charge in [0.05, 0.1) is 18.1 Å². The maximum absolute atomic E-state index is 12.5. The lowest BCUT2D eigenvalue weighted by molar-refractivity contribution is -0.121. The number of halogens is 1. The van der Waals surface area contributed by atoms with Crippen LogP contribution in [0.2, 0.25) is 0 Å². The number of hydrogen-bond donors (Lipinski definition) is 2. The number of ether oxygens (including phenoxy) is 1. The van der Waals surface area contributed by atoms with Crippen molar-refractivity contribution in [3.8, 4) is 0 Å². The van der Waals surface area contributed by atoms with E-state index in [1.807, 2.05) is 0 Å². The van der Waals surface area contributed by atoms with E-state index in [0.717, 1.165) is 19.3 Å². The minimum Gasteiger partial charge on any atom is -0.462 e. The Kier molecular flexibility index (Phi) is 5.65. The summed E-state index contributed by atoms with van der Waals surface area (Å²) in [4.78, 5) is 24.0. The van der Waals surface area contributed by atoms with Gasteiger partial charge in [0.2, 0.25) is 5.91 Å². The van der Waals surface area contributed by atoms with Crippen molar-refractivity contribution in [1.82, 2.24) is 0 Å². The quantitative estimate of drug-likeness (QED) is 0.827. The third-order valence-electron chi connectivity index (χ3n) is 4.95. The highest BCUT2D eigenvalue weighted by atomic mass is 35.5. The van der Waals surface area contributed by atoms with Gasteiger partial charge in [-0.1, -0.05) is 0 Å². The normalized spacial score (nSPS) is 28.1. The first-order valence-electron chi connectivity index (χ1n) is 7.93. The summed E-state index contributed by atoms with van der Waals surface area (Å²) >= 11 is 0. The molecule has 6 heteroatoms. The van der Waals surface area contributed by atoms with Crippen molar-refractivity contribution < 1.29 is 14.3 Å². The molecule has 0 saturated heterocycles. The molecule has 3 N–H and O–H groups in total. The maximum atomic E-state index is 12.5. The summed E-state index contributed by atoms with van der Waals surface area (Å²) in [6, 6.07) is 6.76. The van der Waals surface area contributed by atoms with E-state index in [1.54, 1.807) is 31.2 Å². The average Bonchev–Trinajstić information content (AvgIpc) is 3.09. The van der Waals surface area contributed by atoms with E-state index in [4.69, 9.17) is 10.5 Å². The number of nitrogens with two attached hydrogens (primary N) is 1. The number of rotatable bonds is 4. The number of hydrogen-bond acceptors (Lipinski definition) is 4. The van der Waals surface area contributed by atoms with Crippen LogP contribution in [0.25, 0.3) is 0 Å². The zero-order valence-corrected chi connectivity index (χ0v) is 14.0. The Labute approximate surface area is 142 Å². The molecule has 2 aliphatic carbocycles. The summed E-state index contributed by atoms with van der Waals surface area (Å²) in [6.07, 6.45) is 3.35. The summed E-state index contributed by atoms with van der Waals surface area (Å²) in [5.74, 6) is 0.508. The van der Waals surface area contributed by atoms with Gasteiger partial charge in [-0.2, -0.15) is 0 Å². The number of anilines is 1. The lowest BCUT2D eigenvalue weighted by Gasteiger charge is -2.27. The van der Waals surface area contributed by atoms with Crippen LogP contribution in [0.15, 0.2) is 24.3 Å². The number of esters is 1. The van der Waals surface area contributed by atoms with E-state index in [2.05, 4.69) is 5.32 Å². The maximum Gasteiger partial charge on any atom is 0.338 e. The summed E-state index contributed by atoms with van der Waals surface area (Å²) in [7, 11) is 0. The molecule has 1 aromatic carbocycles. The zero-order chi connectivity index (χ0) is 15.7. The minimum atomic E-state index is -0.351. The second kappa shape index (κ2) is 7.32. The molecule has 1 amide bonds. The summed E-state index contributed by atoms with van der Waals surface area (Å²) in [5, 5.41) is 2.93. The molecule has 0 aromatic heterocycles. The first-order chi connectivity index (χ1) is 10.6. The van der Waals surface area contributed by atoms with Crippen LogP contribution in [-0.2, 0) is 9.53 Å². The topological polar surface area (TPSA) is 81.4 Å². The lowest BCUT2D eigenvalue weighted by atomic mass is 9.84. The number of carbonyl (C=O) groups excluding carboxylic acids is 2. The van der Waals surface area contributed by atoms with Crippen molar-refractivity contribution >= 4 is 30.0 Å². The third-order valence-corrected chi connectivity index (χ3v) is 4.95. The van der Waals surface area contributed by atoms with Gasteiger partial charge in [0.15, 0.2) is 0 Å². The van der Waals surface area contributed by atoms with Crippen molar-refractivity contribution in [3.63, 3.8) is 0 Å². The summed E-state index contributed by atoms with van der Waals surface area (Å²) in [6.45, 7) is 2.12. The molecule has 0 spiro atoms. The van der Waals surface area contributed by atoms with E-state index in [0.29, 0.717) is 29.7 Å². The average molecular weight is 339 g/mol. The Morgan fingerprint density at radius 3 is 2.43 bits per heavy atom. The van der Waals surface area contributed by atoms with Crippen molar-refractivity contribution in [2.75, 3.05) is 11.9 Å². The molecule has 2 aliphatic rings. The van der Waals surface area contributed by atoms with Crippen molar-refractivity contribution in [3.05, 3.63) is 29.8 Å². The van der Waals surface area contributed by atoms with E-state index < -0.39 is 0 Å². The molecule has 0 aliphatic heterocycles. The van der Waals surface area contributed by atoms with Gasteiger partial charge in [-0.05, 0) is 62.3 Å². The molecular weight excluding hydrogens is 316 g/mol. The summed E-state index contributed by atoms with van der Waals surface area (Å²) < 4.78 is 4.93. The van der Waals surface area contributed by atoms with Gasteiger partial charge < -0.3 is 15.8 Å². The fraction of sp³-hybridized carbons (Fsp3) is 0.529. The predicted octanol–water partition coefficient (Wildman–Crippen LogP) is 2.60. The summed E-state index contributed by atoms with van der Waals surface area (Å²) in [5.41, 5.74) is 7.36. The fourth-order valence-corrected chi connectivity index (χ4v) is 3.85. The Balaban J connectivity index is 0.00000192. The van der Waals surface area contributed by atoms with Gasteiger partial charge in [0.1, 0.15) is 0 Å². The van der Waals surface area contributed by atoms with Crippen LogP contribution in [-0.4, -0.2) is 24.5 Å². The second-order valence-corrected chi connectivity index (χ2v) is 6.22. The third kappa shape index (κ3) is 3.51. The fourth-order valence-electron chi connectivity index (χ4n) is 3.85. The lowest BCUT2D eigenvalue weighted by Crippen LogP contribution is -2.42. The van der Waals surface area contributed by atoms with Gasteiger partial charge in [0.25, 0.3) is 0 Å². The van der Waals surface area contributed by atoms with Crippen LogP contribution in [0.5, 0.6) is 0 Å². The van der Waals surface area contributed by atoms with E-state index in [-0.39, 0.29) is 36.2 Å². The Morgan fingerprint density at radius 2 is 1.87 bits per heavy atom. The molecule has 2 fully saturated rings. The molecule has 0 heterocycles. The van der Waals surface area contributed by atoms with Crippen molar-refractivity contribution in [2.24, 2.45) is 23.5 Å². The van der Waals surface area contributed by atoms with E-state index in [1.165, 1.54) is 0 Å². The SMILES string of the molecule is CCOC(=O)c1ccc(NC(=O)C2C3CCC(C3)C2N)cc1.Cl. The van der Waals surface area contributed by atoms with Crippen LogP contribution in [0.4, 0.5) is 5.69 Å². The first kappa shape index (κ1) is 17.8. The second-order valence-electron chi connectivity index (χ2n) is 6.22. The monoisotopic (exact) mass is 338 g/mol. The number of amides is 1. The van der Waals surface area contributed by atoms with Gasteiger partial charge >= 0.3 is 5.97 Å². The molecule has 1 aromatic rings. The van der Waals surface area contributed by atoms with Gasteiger partial charge in [-0.3, -0.25) is 4.79 Å². The van der Waals surface area contributed by atoms with Crippen LogP contribution >= 0.6 is 12.4 Å². The van der Waals surface area contributed by atoms with Crippen molar-refractivity contribution in [1.29, 1.82) is 0 Å². The van der Waals surface area contributed by atoms with E-state index >= 15 is 0 Å².